The topological polar surface area (TPSA) is 127 Å². The lowest BCUT2D eigenvalue weighted by molar-refractivity contribution is 0.0687. The van der Waals surface area contributed by atoms with Gasteiger partial charge < -0.3 is 5.11 Å². The highest BCUT2D eigenvalue weighted by Crippen LogP contribution is 2.31. The summed E-state index contributed by atoms with van der Waals surface area (Å²) in [6.45, 7) is 0. The van der Waals surface area contributed by atoms with E-state index in [4.69, 9.17) is 0 Å². The van der Waals surface area contributed by atoms with Gasteiger partial charge in [0.05, 0.1) is 22.5 Å². The van der Waals surface area contributed by atoms with E-state index in [1.165, 1.54) is 6.20 Å². The maximum atomic E-state index is 11.7. The van der Waals surface area contributed by atoms with E-state index in [0.717, 1.165) is 0 Å². The minimum Gasteiger partial charge on any atom is -0.476 e. The summed E-state index contributed by atoms with van der Waals surface area (Å²) in [7, 11) is 0. The van der Waals surface area contributed by atoms with Crippen LogP contribution in [0.3, 0.4) is 0 Å². The van der Waals surface area contributed by atoms with Crippen molar-refractivity contribution in [3.8, 4) is 22.6 Å². The Balaban J connectivity index is 2.41. The number of aldehydes is 3. The Morgan fingerprint density at radius 1 is 0.815 bits per heavy atom. The quantitative estimate of drug-likeness (QED) is 0.663. The van der Waals surface area contributed by atoms with Gasteiger partial charge in [-0.3, -0.25) is 24.4 Å². The second-order valence-corrected chi connectivity index (χ2v) is 5.32. The third-order valence-corrected chi connectivity index (χ3v) is 3.84. The monoisotopic (exact) mass is 361 g/mol. The fourth-order valence-electron chi connectivity index (χ4n) is 2.66. The SMILES string of the molecule is O=Cc1c(C(=O)O)nc(-c2ncccc2-c2ccccn2)c(C=O)c1C=O. The Labute approximate surface area is 152 Å². The molecule has 3 aromatic rings. The molecule has 0 radical (unpaired) electrons. The zero-order valence-electron chi connectivity index (χ0n) is 13.7. The molecule has 3 heterocycles. The van der Waals surface area contributed by atoms with E-state index in [9.17, 15) is 24.3 Å². The van der Waals surface area contributed by atoms with Crippen molar-refractivity contribution in [3.05, 3.63) is 65.1 Å². The Bertz CT molecular complexity index is 1060. The lowest BCUT2D eigenvalue weighted by atomic mass is 9.96. The number of nitrogens with zero attached hydrogens (tertiary/aromatic N) is 3. The van der Waals surface area contributed by atoms with E-state index < -0.39 is 17.2 Å². The van der Waals surface area contributed by atoms with Crippen LogP contribution in [0.15, 0.2) is 42.7 Å². The van der Waals surface area contributed by atoms with Crippen molar-refractivity contribution in [2.45, 2.75) is 0 Å². The van der Waals surface area contributed by atoms with Crippen LogP contribution in [0.1, 0.15) is 41.6 Å². The zero-order valence-corrected chi connectivity index (χ0v) is 13.7. The molecule has 0 unspecified atom stereocenters. The van der Waals surface area contributed by atoms with Crippen molar-refractivity contribution in [1.82, 2.24) is 15.0 Å². The average Bonchev–Trinajstić information content (AvgIpc) is 2.72. The molecule has 0 fully saturated rings. The van der Waals surface area contributed by atoms with E-state index in [1.807, 2.05) is 0 Å². The normalized spacial score (nSPS) is 10.2. The van der Waals surface area contributed by atoms with E-state index in [1.54, 1.807) is 36.5 Å². The number of carboxylic acid groups (broad SMARTS) is 1. The van der Waals surface area contributed by atoms with Crippen molar-refractivity contribution >= 4 is 24.8 Å². The number of hydrogen-bond donors (Lipinski definition) is 1. The molecule has 1 N–H and O–H groups in total. The van der Waals surface area contributed by atoms with Gasteiger partial charge in [-0.1, -0.05) is 6.07 Å². The second kappa shape index (κ2) is 7.44. The van der Waals surface area contributed by atoms with E-state index in [2.05, 4.69) is 15.0 Å². The largest absolute Gasteiger partial charge is 0.476 e. The van der Waals surface area contributed by atoms with Gasteiger partial charge in [0.2, 0.25) is 0 Å². The summed E-state index contributed by atoms with van der Waals surface area (Å²) in [5.74, 6) is -1.51. The Kier molecular flexibility index (Phi) is 4.89. The third kappa shape index (κ3) is 3.11. The van der Waals surface area contributed by atoms with Crippen LogP contribution < -0.4 is 0 Å². The number of carbonyl (C=O) groups is 4. The summed E-state index contributed by atoms with van der Waals surface area (Å²) in [6, 6.07) is 8.50. The van der Waals surface area contributed by atoms with Crippen molar-refractivity contribution in [1.29, 1.82) is 0 Å². The van der Waals surface area contributed by atoms with Crippen LogP contribution in [0.2, 0.25) is 0 Å². The predicted molar refractivity (Wildman–Crippen MR) is 93.8 cm³/mol. The molecule has 0 amide bonds. The van der Waals surface area contributed by atoms with Crippen LogP contribution in [0.5, 0.6) is 0 Å². The molecule has 0 saturated carbocycles. The summed E-state index contributed by atoms with van der Waals surface area (Å²) in [4.78, 5) is 58.4. The van der Waals surface area contributed by atoms with Gasteiger partial charge >= 0.3 is 5.97 Å². The first-order valence-electron chi connectivity index (χ1n) is 7.66. The van der Waals surface area contributed by atoms with E-state index in [-0.39, 0.29) is 35.1 Å². The Morgan fingerprint density at radius 2 is 1.52 bits per heavy atom. The molecular formula is C19H11N3O5. The number of aromatic carboxylic acids is 1. The molecule has 3 rings (SSSR count). The number of rotatable bonds is 6. The maximum absolute atomic E-state index is 11.7. The van der Waals surface area contributed by atoms with Crippen LogP contribution in [0.25, 0.3) is 22.6 Å². The molecule has 8 nitrogen and oxygen atoms in total. The highest BCUT2D eigenvalue weighted by atomic mass is 16.4. The molecule has 0 aliphatic rings. The van der Waals surface area contributed by atoms with Gasteiger partial charge in [0, 0.05) is 23.5 Å². The van der Waals surface area contributed by atoms with Crippen molar-refractivity contribution in [3.63, 3.8) is 0 Å². The highest BCUT2D eigenvalue weighted by Gasteiger charge is 2.25. The van der Waals surface area contributed by atoms with Gasteiger partial charge in [0.25, 0.3) is 0 Å². The summed E-state index contributed by atoms with van der Waals surface area (Å²) in [5.41, 5.74) is -0.598. The van der Waals surface area contributed by atoms with Gasteiger partial charge in [-0.2, -0.15) is 0 Å². The molecule has 0 bridgehead atoms. The predicted octanol–water partition coefficient (Wildman–Crippen LogP) is 2.34. The third-order valence-electron chi connectivity index (χ3n) is 3.84. The first-order chi connectivity index (χ1) is 13.1. The number of hydrogen-bond acceptors (Lipinski definition) is 7. The number of pyridine rings is 3. The average molecular weight is 361 g/mol. The summed E-state index contributed by atoms with van der Waals surface area (Å²) >= 11 is 0. The lowest BCUT2D eigenvalue weighted by Crippen LogP contribution is -2.14. The van der Waals surface area contributed by atoms with Crippen molar-refractivity contribution < 1.29 is 24.3 Å². The van der Waals surface area contributed by atoms with Gasteiger partial charge in [-0.15, -0.1) is 0 Å². The molecule has 132 valence electrons. The van der Waals surface area contributed by atoms with Crippen LogP contribution in [-0.2, 0) is 0 Å². The molecule has 0 saturated heterocycles. The van der Waals surface area contributed by atoms with E-state index >= 15 is 0 Å². The standard InChI is InChI=1S/C19H11N3O5/c23-8-12-13(9-24)17(22-18(19(26)27)14(12)10-25)16-11(4-3-7-21-16)15-5-1-2-6-20-15/h1-10H,(H,26,27). The molecule has 8 heteroatoms. The van der Waals surface area contributed by atoms with Gasteiger partial charge in [0.15, 0.2) is 24.6 Å². The fraction of sp³-hybridized carbons (Fsp3) is 0. The minimum atomic E-state index is -1.51. The Hall–Kier alpha value is -4.07. The van der Waals surface area contributed by atoms with Crippen molar-refractivity contribution in [2.75, 3.05) is 0 Å². The van der Waals surface area contributed by atoms with Crippen LogP contribution in [-0.4, -0.2) is 44.9 Å². The van der Waals surface area contributed by atoms with Crippen LogP contribution in [0.4, 0.5) is 0 Å². The van der Waals surface area contributed by atoms with Crippen molar-refractivity contribution in [2.24, 2.45) is 0 Å². The van der Waals surface area contributed by atoms with Crippen LogP contribution in [0, 0.1) is 0 Å². The Morgan fingerprint density at radius 3 is 2.11 bits per heavy atom. The lowest BCUT2D eigenvalue weighted by Gasteiger charge is -2.13. The molecule has 0 spiro atoms. The van der Waals surface area contributed by atoms with Gasteiger partial charge in [-0.05, 0) is 24.3 Å². The summed E-state index contributed by atoms with van der Waals surface area (Å²) < 4.78 is 0. The first-order valence-corrected chi connectivity index (χ1v) is 7.66. The maximum Gasteiger partial charge on any atom is 0.355 e. The molecule has 0 atom stereocenters. The van der Waals surface area contributed by atoms with Crippen LogP contribution >= 0.6 is 0 Å². The minimum absolute atomic E-state index is 0.114. The van der Waals surface area contributed by atoms with Gasteiger partial charge in [-0.25, -0.2) is 9.78 Å². The van der Waals surface area contributed by atoms with E-state index in [0.29, 0.717) is 17.5 Å². The summed E-state index contributed by atoms with van der Waals surface area (Å²) in [5, 5.41) is 9.38. The zero-order chi connectivity index (χ0) is 19.4. The molecule has 0 aromatic carbocycles. The fourth-order valence-corrected chi connectivity index (χ4v) is 2.66. The molecule has 27 heavy (non-hydrogen) atoms. The highest BCUT2D eigenvalue weighted by molar-refractivity contribution is 6.08. The molecule has 0 aliphatic heterocycles. The molecular weight excluding hydrogens is 350 g/mol. The summed E-state index contributed by atoms with van der Waals surface area (Å²) in [6.07, 6.45) is 3.80. The second-order valence-electron chi connectivity index (χ2n) is 5.32. The van der Waals surface area contributed by atoms with Gasteiger partial charge in [0.1, 0.15) is 5.69 Å². The first kappa shape index (κ1) is 17.7. The smallest absolute Gasteiger partial charge is 0.355 e. The number of aromatic nitrogens is 3. The molecule has 0 aliphatic carbocycles. The molecule has 3 aromatic heterocycles. The number of carboxylic acids is 1. The number of carbonyl (C=O) groups excluding carboxylic acids is 3.